The highest BCUT2D eigenvalue weighted by Gasteiger charge is 2.53. The Morgan fingerprint density at radius 3 is 1.94 bits per heavy atom. The van der Waals surface area contributed by atoms with Crippen molar-refractivity contribution in [2.75, 3.05) is 0 Å². The summed E-state index contributed by atoms with van der Waals surface area (Å²) in [6, 6.07) is 0. The van der Waals surface area contributed by atoms with E-state index in [4.69, 9.17) is 0 Å². The number of rotatable bonds is 3. The third kappa shape index (κ3) is 4.89. The van der Waals surface area contributed by atoms with Gasteiger partial charge in [0.2, 0.25) is 6.17 Å². The van der Waals surface area contributed by atoms with Gasteiger partial charge in [-0.25, -0.2) is 9.18 Å². The van der Waals surface area contributed by atoms with Crippen molar-refractivity contribution in [3.8, 4) is 0 Å². The SMILES string of the molecule is CC(C)(C)OC(=O)NC(C)(C=O)C(F)C(F)(F)F. The van der Waals surface area contributed by atoms with Gasteiger partial charge in [0.1, 0.15) is 17.4 Å². The molecule has 0 fully saturated rings. The maximum Gasteiger partial charge on any atom is 0.422 e. The molecule has 0 aromatic carbocycles. The summed E-state index contributed by atoms with van der Waals surface area (Å²) in [4.78, 5) is 21.8. The Balaban J connectivity index is 4.89. The lowest BCUT2D eigenvalue weighted by Gasteiger charge is -2.30. The van der Waals surface area contributed by atoms with Gasteiger partial charge in [0.05, 0.1) is 0 Å². The van der Waals surface area contributed by atoms with Crippen LogP contribution in [0.25, 0.3) is 0 Å². The first-order valence-electron chi connectivity index (χ1n) is 5.00. The predicted octanol–water partition coefficient (Wildman–Crippen LogP) is 2.37. The maximum absolute atomic E-state index is 13.1. The molecule has 1 N–H and O–H groups in total. The summed E-state index contributed by atoms with van der Waals surface area (Å²) in [6.45, 7) is 5.05. The summed E-state index contributed by atoms with van der Waals surface area (Å²) in [5.41, 5.74) is -3.70. The zero-order chi connectivity index (χ0) is 14.8. The molecule has 106 valence electrons. The molecule has 2 atom stereocenters. The second kappa shape index (κ2) is 5.11. The van der Waals surface area contributed by atoms with Crippen LogP contribution in [0.4, 0.5) is 22.4 Å². The third-order valence-corrected chi connectivity index (χ3v) is 1.83. The highest BCUT2D eigenvalue weighted by molar-refractivity contribution is 5.77. The first-order valence-corrected chi connectivity index (χ1v) is 5.00. The van der Waals surface area contributed by atoms with E-state index in [1.54, 1.807) is 5.32 Å². The first kappa shape index (κ1) is 16.7. The molecule has 2 unspecified atom stereocenters. The summed E-state index contributed by atoms with van der Waals surface area (Å²) in [5, 5.41) is 1.58. The van der Waals surface area contributed by atoms with Crippen LogP contribution in [0.5, 0.6) is 0 Å². The molecule has 0 spiro atoms. The Kier molecular flexibility index (Phi) is 4.73. The van der Waals surface area contributed by atoms with E-state index in [-0.39, 0.29) is 6.29 Å². The number of hydrogen-bond donors (Lipinski definition) is 1. The molecule has 0 aromatic rings. The number of nitrogens with one attached hydrogen (secondary N) is 1. The minimum Gasteiger partial charge on any atom is -0.444 e. The molecule has 0 aliphatic rings. The molecule has 4 nitrogen and oxygen atoms in total. The van der Waals surface area contributed by atoms with Gasteiger partial charge in [-0.15, -0.1) is 0 Å². The first-order chi connectivity index (χ1) is 7.82. The summed E-state index contributed by atoms with van der Waals surface area (Å²) < 4.78 is 54.4. The Morgan fingerprint density at radius 2 is 1.67 bits per heavy atom. The molecule has 0 aliphatic carbocycles. The van der Waals surface area contributed by atoms with E-state index in [0.29, 0.717) is 6.92 Å². The number of aldehydes is 1. The van der Waals surface area contributed by atoms with E-state index in [9.17, 15) is 27.2 Å². The normalized spacial score (nSPS) is 17.6. The van der Waals surface area contributed by atoms with E-state index in [2.05, 4.69) is 4.74 Å². The minimum absolute atomic E-state index is 0.310. The van der Waals surface area contributed by atoms with E-state index in [0.717, 1.165) is 0 Å². The largest absolute Gasteiger partial charge is 0.444 e. The second-order valence-electron chi connectivity index (χ2n) is 4.93. The molecular weight excluding hydrogens is 258 g/mol. The summed E-state index contributed by atoms with van der Waals surface area (Å²) >= 11 is 0. The molecule has 8 heteroatoms. The van der Waals surface area contributed by atoms with Gasteiger partial charge in [-0.05, 0) is 27.7 Å². The van der Waals surface area contributed by atoms with E-state index >= 15 is 0 Å². The monoisotopic (exact) mass is 273 g/mol. The standard InChI is InChI=1S/C10H15F4NO3/c1-8(2,3)18-7(17)15-9(4,5-16)6(11)10(12,13)14/h5-6H,1-4H3,(H,15,17). The molecule has 18 heavy (non-hydrogen) atoms. The quantitative estimate of drug-likeness (QED) is 0.634. The van der Waals surface area contributed by atoms with E-state index in [1.165, 1.54) is 20.8 Å². The Morgan fingerprint density at radius 1 is 1.22 bits per heavy atom. The highest BCUT2D eigenvalue weighted by atomic mass is 19.4. The fraction of sp³-hybridized carbons (Fsp3) is 0.800. The number of hydrogen-bond acceptors (Lipinski definition) is 3. The van der Waals surface area contributed by atoms with Crippen molar-refractivity contribution in [3.05, 3.63) is 0 Å². The van der Waals surface area contributed by atoms with Crippen molar-refractivity contribution in [3.63, 3.8) is 0 Å². The maximum atomic E-state index is 13.1. The van der Waals surface area contributed by atoms with Gasteiger partial charge in [0, 0.05) is 0 Å². The number of alkyl halides is 4. The van der Waals surface area contributed by atoms with Crippen LogP contribution >= 0.6 is 0 Å². The van der Waals surface area contributed by atoms with Gasteiger partial charge in [-0.2, -0.15) is 13.2 Å². The fourth-order valence-corrected chi connectivity index (χ4v) is 1.02. The molecule has 1 amide bonds. The zero-order valence-corrected chi connectivity index (χ0v) is 10.4. The lowest BCUT2D eigenvalue weighted by atomic mass is 9.97. The lowest BCUT2D eigenvalue weighted by molar-refractivity contribution is -0.198. The van der Waals surface area contributed by atoms with E-state index in [1.807, 2.05) is 0 Å². The van der Waals surface area contributed by atoms with Crippen LogP contribution < -0.4 is 5.32 Å². The molecule has 0 heterocycles. The van der Waals surface area contributed by atoms with Crippen LogP contribution in [-0.4, -0.2) is 35.9 Å². The second-order valence-corrected chi connectivity index (χ2v) is 4.93. The van der Waals surface area contributed by atoms with Crippen LogP contribution in [0.15, 0.2) is 0 Å². The number of carbonyl (C=O) groups excluding carboxylic acids is 2. The van der Waals surface area contributed by atoms with Crippen molar-refractivity contribution in [1.82, 2.24) is 5.32 Å². The Labute approximate surface area is 102 Å². The summed E-state index contributed by atoms with van der Waals surface area (Å²) in [7, 11) is 0. The smallest absolute Gasteiger partial charge is 0.422 e. The summed E-state index contributed by atoms with van der Waals surface area (Å²) in [6.07, 6.45) is -10.4. The van der Waals surface area contributed by atoms with Gasteiger partial charge in [0.25, 0.3) is 0 Å². The molecule has 0 saturated carbocycles. The highest BCUT2D eigenvalue weighted by Crippen LogP contribution is 2.30. The number of ether oxygens (including phenoxy) is 1. The molecule has 0 aliphatic heterocycles. The fourth-order valence-electron chi connectivity index (χ4n) is 1.02. The van der Waals surface area contributed by atoms with Crippen molar-refractivity contribution in [2.24, 2.45) is 0 Å². The van der Waals surface area contributed by atoms with Crippen LogP contribution in [0.3, 0.4) is 0 Å². The molecule has 0 radical (unpaired) electrons. The molecule has 0 saturated heterocycles. The Hall–Kier alpha value is -1.34. The topological polar surface area (TPSA) is 55.4 Å². The van der Waals surface area contributed by atoms with Crippen LogP contribution in [0.2, 0.25) is 0 Å². The van der Waals surface area contributed by atoms with Gasteiger partial charge in [-0.1, -0.05) is 0 Å². The molecule has 0 rings (SSSR count). The van der Waals surface area contributed by atoms with Gasteiger partial charge in [0.15, 0.2) is 0 Å². The average Bonchev–Trinajstić information content (AvgIpc) is 2.11. The number of alkyl carbamates (subject to hydrolysis) is 1. The number of carbonyl (C=O) groups is 2. The van der Waals surface area contributed by atoms with Gasteiger partial charge >= 0.3 is 12.3 Å². The lowest BCUT2D eigenvalue weighted by Crippen LogP contribution is -2.59. The van der Waals surface area contributed by atoms with Crippen molar-refractivity contribution >= 4 is 12.4 Å². The van der Waals surface area contributed by atoms with Crippen molar-refractivity contribution in [1.29, 1.82) is 0 Å². The molecule has 0 aromatic heterocycles. The number of amides is 1. The zero-order valence-electron chi connectivity index (χ0n) is 10.4. The van der Waals surface area contributed by atoms with Crippen molar-refractivity contribution in [2.45, 2.75) is 51.2 Å². The Bertz CT molecular complexity index is 324. The van der Waals surface area contributed by atoms with Crippen LogP contribution in [-0.2, 0) is 9.53 Å². The third-order valence-electron chi connectivity index (χ3n) is 1.83. The number of halogens is 4. The molecule has 0 bridgehead atoms. The average molecular weight is 273 g/mol. The molecular formula is C10H15F4NO3. The predicted molar refractivity (Wildman–Crippen MR) is 54.8 cm³/mol. The van der Waals surface area contributed by atoms with Gasteiger partial charge < -0.3 is 14.8 Å². The summed E-state index contributed by atoms with van der Waals surface area (Å²) in [5.74, 6) is 0. The van der Waals surface area contributed by atoms with E-state index < -0.39 is 29.6 Å². The van der Waals surface area contributed by atoms with Crippen LogP contribution in [0, 0.1) is 0 Å². The van der Waals surface area contributed by atoms with Gasteiger partial charge in [-0.3, -0.25) is 0 Å². The van der Waals surface area contributed by atoms with Crippen LogP contribution in [0.1, 0.15) is 27.7 Å². The minimum atomic E-state index is -5.26. The van der Waals surface area contributed by atoms with Crippen molar-refractivity contribution < 1.29 is 31.9 Å².